The Morgan fingerprint density at radius 1 is 1.53 bits per heavy atom. The molecular weight excluding hydrogens is 232 g/mol. The van der Waals surface area contributed by atoms with Gasteiger partial charge in [0.05, 0.1) is 6.20 Å². The largest absolute Gasteiger partial charge is 0.313 e. The van der Waals surface area contributed by atoms with Crippen molar-refractivity contribution < 1.29 is 0 Å². The molecule has 1 aromatic heterocycles. The third-order valence-electron chi connectivity index (χ3n) is 3.55. The van der Waals surface area contributed by atoms with Gasteiger partial charge in [0.25, 0.3) is 0 Å². The number of hydrogen-bond acceptors (Lipinski definition) is 4. The molecule has 5 heteroatoms. The lowest BCUT2D eigenvalue weighted by Crippen LogP contribution is -2.47. The predicted molar refractivity (Wildman–Crippen MR) is 72.2 cm³/mol. The number of aromatic nitrogens is 3. The normalized spacial score (nSPS) is 23.8. The Morgan fingerprint density at radius 3 is 3.12 bits per heavy atom. The van der Waals surface area contributed by atoms with Crippen LogP contribution in [-0.4, -0.2) is 39.1 Å². The van der Waals surface area contributed by atoms with Crippen LogP contribution < -0.4 is 5.32 Å². The fraction of sp³-hybridized carbons (Fsp3) is 0.833. The Morgan fingerprint density at radius 2 is 2.41 bits per heavy atom. The Kier molecular flexibility index (Phi) is 4.45. The molecule has 17 heavy (non-hydrogen) atoms. The van der Waals surface area contributed by atoms with Crippen LogP contribution in [0.4, 0.5) is 0 Å². The van der Waals surface area contributed by atoms with E-state index in [4.69, 9.17) is 0 Å². The molecule has 1 atom stereocenters. The van der Waals surface area contributed by atoms with Crippen LogP contribution in [0.15, 0.2) is 12.4 Å². The van der Waals surface area contributed by atoms with Gasteiger partial charge in [-0.2, -0.15) is 11.8 Å². The van der Waals surface area contributed by atoms with E-state index in [1.54, 1.807) is 6.20 Å². The van der Waals surface area contributed by atoms with Gasteiger partial charge in [-0.05, 0) is 30.6 Å². The van der Waals surface area contributed by atoms with Crippen LogP contribution in [0, 0.1) is 5.41 Å². The monoisotopic (exact) mass is 254 g/mol. The van der Waals surface area contributed by atoms with E-state index in [-0.39, 0.29) is 0 Å². The van der Waals surface area contributed by atoms with Crippen molar-refractivity contribution >= 4 is 11.8 Å². The van der Waals surface area contributed by atoms with Crippen molar-refractivity contribution in [1.29, 1.82) is 0 Å². The molecule has 0 radical (unpaired) electrons. The third kappa shape index (κ3) is 3.71. The first-order valence-electron chi connectivity index (χ1n) is 6.34. The highest BCUT2D eigenvalue weighted by atomic mass is 32.2. The number of aryl methyl sites for hydroxylation is 1. The lowest BCUT2D eigenvalue weighted by Gasteiger charge is -2.38. The summed E-state index contributed by atoms with van der Waals surface area (Å²) >= 11 is 2.07. The van der Waals surface area contributed by atoms with Gasteiger partial charge in [-0.25, -0.2) is 0 Å². The molecule has 2 heterocycles. The number of rotatable bonds is 5. The van der Waals surface area contributed by atoms with Crippen LogP contribution in [0.5, 0.6) is 0 Å². The zero-order valence-electron chi connectivity index (χ0n) is 10.7. The molecule has 1 aliphatic rings. The standard InChI is InChI=1S/C12H22N4S/c1-12(2)4-9-17-10-11(12)13-5-3-7-16-8-6-14-15-16/h6,8,11,13H,3-5,7,9-10H2,1-2H3. The number of nitrogens with one attached hydrogen (secondary N) is 1. The van der Waals surface area contributed by atoms with Gasteiger partial charge >= 0.3 is 0 Å². The van der Waals surface area contributed by atoms with Gasteiger partial charge < -0.3 is 5.32 Å². The topological polar surface area (TPSA) is 42.7 Å². The average Bonchev–Trinajstić information content (AvgIpc) is 2.79. The summed E-state index contributed by atoms with van der Waals surface area (Å²) in [6.07, 6.45) is 6.08. The molecule has 2 rings (SSSR count). The van der Waals surface area contributed by atoms with E-state index < -0.39 is 0 Å². The molecule has 0 saturated carbocycles. The van der Waals surface area contributed by atoms with Crippen molar-refractivity contribution in [2.45, 2.75) is 39.3 Å². The van der Waals surface area contributed by atoms with Crippen molar-refractivity contribution in [3.05, 3.63) is 12.4 Å². The SMILES string of the molecule is CC1(C)CCSCC1NCCCn1ccnn1. The molecular formula is C12H22N4S. The zero-order valence-corrected chi connectivity index (χ0v) is 11.5. The summed E-state index contributed by atoms with van der Waals surface area (Å²) in [7, 11) is 0. The first-order valence-corrected chi connectivity index (χ1v) is 7.49. The Labute approximate surface area is 108 Å². The Hall–Kier alpha value is -0.550. The molecule has 4 nitrogen and oxygen atoms in total. The molecule has 1 fully saturated rings. The lowest BCUT2D eigenvalue weighted by molar-refractivity contribution is 0.244. The number of hydrogen-bond donors (Lipinski definition) is 1. The molecule has 0 spiro atoms. The first-order chi connectivity index (χ1) is 8.18. The summed E-state index contributed by atoms with van der Waals surface area (Å²) in [5.41, 5.74) is 0.443. The predicted octanol–water partition coefficient (Wildman–Crippen LogP) is 1.79. The fourth-order valence-electron chi connectivity index (χ4n) is 2.14. The number of nitrogens with zero attached hydrogens (tertiary/aromatic N) is 3. The van der Waals surface area contributed by atoms with Gasteiger partial charge in [0.2, 0.25) is 0 Å². The molecule has 1 saturated heterocycles. The second kappa shape index (κ2) is 5.87. The van der Waals surface area contributed by atoms with Crippen molar-refractivity contribution in [3.63, 3.8) is 0 Å². The highest BCUT2D eigenvalue weighted by Crippen LogP contribution is 2.33. The molecule has 0 bridgehead atoms. The Bertz CT molecular complexity index is 323. The van der Waals surface area contributed by atoms with Crippen molar-refractivity contribution in [2.24, 2.45) is 5.41 Å². The van der Waals surface area contributed by atoms with Crippen LogP contribution in [0.25, 0.3) is 0 Å². The fourth-order valence-corrected chi connectivity index (χ4v) is 3.78. The smallest absolute Gasteiger partial charge is 0.0692 e. The van der Waals surface area contributed by atoms with E-state index in [0.717, 1.165) is 19.5 Å². The molecule has 1 aliphatic heterocycles. The minimum atomic E-state index is 0.443. The van der Waals surface area contributed by atoms with Gasteiger partial charge in [-0.3, -0.25) is 4.68 Å². The van der Waals surface area contributed by atoms with Crippen molar-refractivity contribution in [3.8, 4) is 0 Å². The van der Waals surface area contributed by atoms with Gasteiger partial charge in [0.15, 0.2) is 0 Å². The second-order valence-electron chi connectivity index (χ2n) is 5.34. The Balaban J connectivity index is 1.67. The summed E-state index contributed by atoms with van der Waals surface area (Å²) in [5, 5.41) is 11.5. The van der Waals surface area contributed by atoms with Crippen LogP contribution in [0.3, 0.4) is 0 Å². The van der Waals surface area contributed by atoms with Crippen LogP contribution in [0.2, 0.25) is 0 Å². The van der Waals surface area contributed by atoms with Crippen LogP contribution in [0.1, 0.15) is 26.7 Å². The minimum Gasteiger partial charge on any atom is -0.313 e. The van der Waals surface area contributed by atoms with Crippen LogP contribution in [-0.2, 0) is 6.54 Å². The summed E-state index contributed by atoms with van der Waals surface area (Å²) in [5.74, 6) is 2.56. The van der Waals surface area contributed by atoms with E-state index in [0.29, 0.717) is 11.5 Å². The third-order valence-corrected chi connectivity index (χ3v) is 4.61. The van der Waals surface area contributed by atoms with E-state index >= 15 is 0 Å². The molecule has 1 unspecified atom stereocenters. The number of thioether (sulfide) groups is 1. The molecule has 1 aromatic rings. The molecule has 0 aromatic carbocycles. The van der Waals surface area contributed by atoms with E-state index in [9.17, 15) is 0 Å². The molecule has 96 valence electrons. The molecule has 1 N–H and O–H groups in total. The highest BCUT2D eigenvalue weighted by Gasteiger charge is 2.31. The summed E-state index contributed by atoms with van der Waals surface area (Å²) in [6, 6.07) is 0.650. The van der Waals surface area contributed by atoms with Gasteiger partial charge in [-0.15, -0.1) is 5.10 Å². The maximum absolute atomic E-state index is 3.96. The zero-order chi connectivity index (χ0) is 12.1. The van der Waals surface area contributed by atoms with Gasteiger partial charge in [0, 0.05) is 24.5 Å². The maximum atomic E-state index is 3.96. The van der Waals surface area contributed by atoms with E-state index in [1.807, 2.05) is 10.9 Å². The average molecular weight is 254 g/mol. The van der Waals surface area contributed by atoms with E-state index in [2.05, 4.69) is 41.2 Å². The minimum absolute atomic E-state index is 0.443. The summed E-state index contributed by atoms with van der Waals surface area (Å²) < 4.78 is 1.89. The maximum Gasteiger partial charge on any atom is 0.0692 e. The van der Waals surface area contributed by atoms with Crippen molar-refractivity contribution in [1.82, 2.24) is 20.3 Å². The van der Waals surface area contributed by atoms with Gasteiger partial charge in [0.1, 0.15) is 0 Å². The van der Waals surface area contributed by atoms with Crippen LogP contribution >= 0.6 is 11.8 Å². The van der Waals surface area contributed by atoms with Crippen molar-refractivity contribution in [2.75, 3.05) is 18.1 Å². The second-order valence-corrected chi connectivity index (χ2v) is 6.49. The summed E-state index contributed by atoms with van der Waals surface area (Å²) in [6.45, 7) is 6.77. The van der Waals surface area contributed by atoms with E-state index in [1.165, 1.54) is 17.9 Å². The highest BCUT2D eigenvalue weighted by molar-refractivity contribution is 7.99. The lowest BCUT2D eigenvalue weighted by atomic mass is 9.82. The van der Waals surface area contributed by atoms with Gasteiger partial charge in [-0.1, -0.05) is 19.1 Å². The molecule has 0 amide bonds. The molecule has 0 aliphatic carbocycles. The first kappa shape index (κ1) is 12.9. The quantitative estimate of drug-likeness (QED) is 0.814. The summed E-state index contributed by atoms with van der Waals surface area (Å²) in [4.78, 5) is 0.